The highest BCUT2D eigenvalue weighted by Gasteiger charge is 2.53. The lowest BCUT2D eigenvalue weighted by Crippen LogP contribution is -2.38. The fraction of sp³-hybridized carbons (Fsp3) is 0.323. The number of hydrogen-bond acceptors (Lipinski definition) is 9. The average molecular weight is 566 g/mol. The number of carbonyl (C=O) groups excluding carboxylic acids is 2. The number of H-pyrrole nitrogens is 1. The largest absolute Gasteiger partial charge is 0.480 e. The maximum Gasteiger partial charge on any atom is 0.263 e. The Hall–Kier alpha value is -4.93. The molecule has 0 aliphatic heterocycles. The predicted octanol–water partition coefficient (Wildman–Crippen LogP) is 5.13. The Labute approximate surface area is 242 Å². The number of pyridine rings is 1. The van der Waals surface area contributed by atoms with E-state index in [0.29, 0.717) is 36.7 Å². The summed E-state index contributed by atoms with van der Waals surface area (Å²) in [6.45, 7) is 0. The molecule has 1 amide bonds. The SMILES string of the molecule is COc1nc2ccccc2cc1-c1cnc(C(CCCCCC(=O)c2ncco2)NC(=O)C2(c3cnccn3)CC2)[nH]1. The minimum Gasteiger partial charge on any atom is -0.480 e. The summed E-state index contributed by atoms with van der Waals surface area (Å²) in [7, 11) is 1.59. The molecular weight excluding hydrogens is 534 g/mol. The number of aromatic amines is 1. The van der Waals surface area contributed by atoms with Gasteiger partial charge in [0.1, 0.15) is 12.1 Å². The third-order valence-electron chi connectivity index (χ3n) is 7.71. The first-order valence-electron chi connectivity index (χ1n) is 14.1. The van der Waals surface area contributed by atoms with Gasteiger partial charge in [-0.15, -0.1) is 0 Å². The van der Waals surface area contributed by atoms with Crippen LogP contribution in [0.3, 0.4) is 0 Å². The summed E-state index contributed by atoms with van der Waals surface area (Å²) in [6, 6.07) is 9.49. The van der Waals surface area contributed by atoms with Crippen LogP contribution < -0.4 is 10.1 Å². The van der Waals surface area contributed by atoms with Crippen molar-refractivity contribution in [2.45, 2.75) is 56.4 Å². The van der Waals surface area contributed by atoms with Crippen LogP contribution in [0.5, 0.6) is 5.88 Å². The summed E-state index contributed by atoms with van der Waals surface area (Å²) in [5, 5.41) is 4.22. The Balaban J connectivity index is 1.20. The normalized spacial score (nSPS) is 14.4. The topological polar surface area (TPSA) is 149 Å². The fourth-order valence-electron chi connectivity index (χ4n) is 5.22. The number of carbonyl (C=O) groups is 2. The van der Waals surface area contributed by atoms with Crippen molar-refractivity contribution in [3.05, 3.63) is 85.0 Å². The molecule has 0 saturated heterocycles. The number of hydrogen-bond donors (Lipinski definition) is 2. The minimum absolute atomic E-state index is 0.0880. The van der Waals surface area contributed by atoms with Crippen LogP contribution in [0.4, 0.5) is 0 Å². The van der Waals surface area contributed by atoms with E-state index in [-0.39, 0.29) is 23.6 Å². The first-order chi connectivity index (χ1) is 20.6. The number of aromatic nitrogens is 6. The van der Waals surface area contributed by atoms with Crippen molar-refractivity contribution in [1.82, 2.24) is 35.2 Å². The molecule has 42 heavy (non-hydrogen) atoms. The van der Waals surface area contributed by atoms with Crippen molar-refractivity contribution in [2.24, 2.45) is 0 Å². The molecule has 2 N–H and O–H groups in total. The van der Waals surface area contributed by atoms with Crippen molar-refractivity contribution < 1.29 is 18.7 Å². The highest BCUT2D eigenvalue weighted by molar-refractivity contribution is 5.91. The lowest BCUT2D eigenvalue weighted by atomic mass is 9.99. The highest BCUT2D eigenvalue weighted by Crippen LogP contribution is 2.47. The van der Waals surface area contributed by atoms with Crippen LogP contribution in [0.15, 0.2) is 72.0 Å². The minimum atomic E-state index is -0.671. The fourth-order valence-corrected chi connectivity index (χ4v) is 5.22. The first kappa shape index (κ1) is 27.3. The number of unbranched alkanes of at least 4 members (excludes halogenated alkanes) is 2. The van der Waals surface area contributed by atoms with Gasteiger partial charge in [0.15, 0.2) is 0 Å². The molecule has 4 aromatic heterocycles. The summed E-state index contributed by atoms with van der Waals surface area (Å²) in [6.07, 6.45) is 14.2. The number of rotatable bonds is 13. The van der Waals surface area contributed by atoms with Crippen molar-refractivity contribution in [3.63, 3.8) is 0 Å². The van der Waals surface area contributed by atoms with E-state index in [1.54, 1.807) is 31.9 Å². The molecule has 0 radical (unpaired) electrons. The second-order valence-electron chi connectivity index (χ2n) is 10.5. The molecule has 1 aromatic carbocycles. The molecule has 11 heteroatoms. The third kappa shape index (κ3) is 5.63. The van der Waals surface area contributed by atoms with E-state index >= 15 is 0 Å². The number of para-hydroxylation sites is 1. The van der Waals surface area contributed by atoms with Crippen LogP contribution in [0, 0.1) is 0 Å². The van der Waals surface area contributed by atoms with Crippen LogP contribution >= 0.6 is 0 Å². The molecule has 1 atom stereocenters. The predicted molar refractivity (Wildman–Crippen MR) is 154 cm³/mol. The molecule has 214 valence electrons. The van der Waals surface area contributed by atoms with Crippen molar-refractivity contribution in [3.8, 4) is 17.1 Å². The summed E-state index contributed by atoms with van der Waals surface area (Å²) in [5.41, 5.74) is 2.37. The molecule has 6 rings (SSSR count). The zero-order valence-electron chi connectivity index (χ0n) is 23.2. The van der Waals surface area contributed by atoms with E-state index in [9.17, 15) is 9.59 Å². The van der Waals surface area contributed by atoms with Gasteiger partial charge in [0.25, 0.3) is 5.89 Å². The van der Waals surface area contributed by atoms with E-state index in [4.69, 9.17) is 9.15 Å². The number of nitrogens with zero attached hydrogens (tertiary/aromatic N) is 5. The molecule has 11 nitrogen and oxygen atoms in total. The molecule has 5 aromatic rings. The molecule has 1 aliphatic carbocycles. The van der Waals surface area contributed by atoms with Gasteiger partial charge in [-0.1, -0.05) is 31.0 Å². The Morgan fingerprint density at radius 2 is 1.95 bits per heavy atom. The van der Waals surface area contributed by atoms with Gasteiger partial charge in [0.05, 0.1) is 53.4 Å². The Kier molecular flexibility index (Phi) is 7.72. The summed E-state index contributed by atoms with van der Waals surface area (Å²) < 4.78 is 10.7. The first-order valence-corrected chi connectivity index (χ1v) is 14.1. The van der Waals surface area contributed by atoms with Crippen LogP contribution in [0.1, 0.15) is 73.2 Å². The second-order valence-corrected chi connectivity index (χ2v) is 10.5. The summed E-state index contributed by atoms with van der Waals surface area (Å²) in [5.74, 6) is 1.06. The Bertz CT molecular complexity index is 1680. The van der Waals surface area contributed by atoms with E-state index in [2.05, 4.69) is 35.2 Å². The Morgan fingerprint density at radius 3 is 2.71 bits per heavy atom. The van der Waals surface area contributed by atoms with E-state index < -0.39 is 5.41 Å². The standard InChI is InChI=1S/C31H31N7O4/c1-41-28-21(17-20-7-5-6-8-22(20)37-28)24-18-35-27(36-24)23(9-3-2-4-10-25(39)29-34-15-16-42-29)38-30(40)31(11-12-31)26-19-32-13-14-33-26/h5-8,13-19,23H,2-4,9-12H2,1H3,(H,35,36)(H,38,40). The van der Waals surface area contributed by atoms with Crippen LogP contribution in [-0.4, -0.2) is 48.7 Å². The van der Waals surface area contributed by atoms with E-state index in [1.807, 2.05) is 30.3 Å². The average Bonchev–Trinajstić information content (AvgIpc) is 3.39. The maximum absolute atomic E-state index is 13.6. The molecule has 0 spiro atoms. The molecule has 1 fully saturated rings. The van der Waals surface area contributed by atoms with Gasteiger partial charge in [-0.3, -0.25) is 19.6 Å². The number of fused-ring (bicyclic) bond motifs is 1. The Morgan fingerprint density at radius 1 is 1.07 bits per heavy atom. The molecule has 1 saturated carbocycles. The van der Waals surface area contributed by atoms with Crippen molar-refractivity contribution in [2.75, 3.05) is 7.11 Å². The van der Waals surface area contributed by atoms with E-state index in [0.717, 1.165) is 47.8 Å². The lowest BCUT2D eigenvalue weighted by Gasteiger charge is -2.21. The zero-order chi connectivity index (χ0) is 28.9. The number of methoxy groups -OCH3 is 1. The summed E-state index contributed by atoms with van der Waals surface area (Å²) in [4.78, 5) is 51.1. The number of benzene rings is 1. The van der Waals surface area contributed by atoms with Crippen molar-refractivity contribution >= 4 is 22.6 Å². The smallest absolute Gasteiger partial charge is 0.263 e. The van der Waals surface area contributed by atoms with Crippen LogP contribution in [0.2, 0.25) is 0 Å². The monoisotopic (exact) mass is 565 g/mol. The molecule has 1 unspecified atom stereocenters. The second kappa shape index (κ2) is 11.9. The van der Waals surface area contributed by atoms with Gasteiger partial charge >= 0.3 is 0 Å². The third-order valence-corrected chi connectivity index (χ3v) is 7.71. The zero-order valence-corrected chi connectivity index (χ0v) is 23.2. The lowest BCUT2D eigenvalue weighted by molar-refractivity contribution is -0.124. The van der Waals surface area contributed by atoms with E-state index in [1.165, 1.54) is 12.5 Å². The van der Waals surface area contributed by atoms with Crippen LogP contribution in [-0.2, 0) is 10.2 Å². The molecule has 1 aliphatic rings. The number of Topliss-reactive ketones (excluding diaryl/α,β-unsaturated/α-hetero) is 1. The van der Waals surface area contributed by atoms with Crippen molar-refractivity contribution in [1.29, 1.82) is 0 Å². The molecule has 4 heterocycles. The number of ketones is 1. The number of ether oxygens (including phenoxy) is 1. The van der Waals surface area contributed by atoms with Gasteiger partial charge in [0.2, 0.25) is 17.6 Å². The quantitative estimate of drug-likeness (QED) is 0.146. The molecular formula is C31H31N7O4. The molecule has 0 bridgehead atoms. The highest BCUT2D eigenvalue weighted by atomic mass is 16.5. The van der Waals surface area contributed by atoms with Gasteiger partial charge < -0.3 is 19.5 Å². The van der Waals surface area contributed by atoms with Gasteiger partial charge in [0, 0.05) is 30.4 Å². The van der Waals surface area contributed by atoms with Gasteiger partial charge in [-0.2, -0.15) is 0 Å². The maximum atomic E-state index is 13.6. The van der Waals surface area contributed by atoms with Gasteiger partial charge in [-0.05, 0) is 37.8 Å². The number of nitrogens with one attached hydrogen (secondary N) is 2. The number of imidazole rings is 1. The number of oxazole rings is 1. The van der Waals surface area contributed by atoms with Crippen LogP contribution in [0.25, 0.3) is 22.2 Å². The number of amides is 1. The van der Waals surface area contributed by atoms with Gasteiger partial charge in [-0.25, -0.2) is 15.0 Å². The summed E-state index contributed by atoms with van der Waals surface area (Å²) >= 11 is 0.